The molecule has 0 atom stereocenters. The first-order valence-corrected chi connectivity index (χ1v) is 0. The van der Waals surface area contributed by atoms with Gasteiger partial charge in [0.2, 0.25) is 0 Å². The quantitative estimate of drug-likeness (QED) is 0.366. The van der Waals surface area contributed by atoms with Crippen molar-refractivity contribution >= 4 is 71.7 Å². The maximum absolute atomic E-state index is 0. The van der Waals surface area contributed by atoms with Crippen molar-refractivity contribution < 1.29 is 0 Å². The zero-order valence-corrected chi connectivity index (χ0v) is 2.45. The van der Waals surface area contributed by atoms with Crippen LogP contribution in [-0.4, -0.2) is 46.9 Å². The van der Waals surface area contributed by atoms with Crippen molar-refractivity contribution in [2.45, 2.75) is 0 Å². The molecule has 0 aliphatic rings. The number of hydrogen-bond donors (Lipinski definition) is 0. The van der Waals surface area contributed by atoms with E-state index in [-0.39, 0.29) is 71.7 Å². The summed E-state index contributed by atoms with van der Waals surface area (Å²) in [5, 5.41) is 0. The van der Waals surface area contributed by atoms with E-state index in [9.17, 15) is 0 Å². The van der Waals surface area contributed by atoms with Crippen molar-refractivity contribution in [3.05, 3.63) is 0 Å². The molecule has 0 aliphatic carbocycles. The number of hydrogen-bond acceptors (Lipinski definition) is 0. The van der Waals surface area contributed by atoms with E-state index in [1.807, 2.05) is 0 Å². The van der Waals surface area contributed by atoms with Crippen LogP contribution in [0.5, 0.6) is 0 Å². The van der Waals surface area contributed by atoms with Crippen LogP contribution < -0.4 is 0 Å². The fraction of sp³-hybridized carbons (Fsp3) is 0. The Bertz CT molecular complexity index is 6.00. The van der Waals surface area contributed by atoms with Crippen LogP contribution in [-0.2, 0) is 0 Å². The first kappa shape index (κ1) is 35.8. The topological polar surface area (TPSA) is 0 Å². The second-order valence-electron chi connectivity index (χ2n) is 0. The van der Waals surface area contributed by atoms with Crippen molar-refractivity contribution in [3.8, 4) is 0 Å². The standard InChI is InChI=1S/Al.2ClH.Na.4H/h;2*1H;;;;;. The summed E-state index contributed by atoms with van der Waals surface area (Å²) in [7, 11) is 0. The minimum atomic E-state index is 0. The van der Waals surface area contributed by atoms with Crippen molar-refractivity contribution in [1.29, 1.82) is 0 Å². The summed E-state index contributed by atoms with van der Waals surface area (Å²) in [4.78, 5) is 0. The van der Waals surface area contributed by atoms with Gasteiger partial charge < -0.3 is 0 Å². The third kappa shape index (κ3) is 8.93. The average molecular weight is 127 g/mol. The average Bonchev–Trinajstić information content (AvgIpc) is 0. The molecule has 0 aliphatic heterocycles. The molecule has 0 saturated heterocycles. The molecule has 0 bridgehead atoms. The van der Waals surface area contributed by atoms with Crippen LogP contribution in [0.25, 0.3) is 0 Å². The maximum atomic E-state index is 0. The van der Waals surface area contributed by atoms with Gasteiger partial charge in [0.1, 0.15) is 0 Å². The van der Waals surface area contributed by atoms with E-state index in [0.717, 1.165) is 0 Å². The Balaban J connectivity index is 0. The summed E-state index contributed by atoms with van der Waals surface area (Å²) >= 11 is 0. The second kappa shape index (κ2) is 19.4. The normalized spacial score (nSPS) is 0. The van der Waals surface area contributed by atoms with Gasteiger partial charge in [-0.25, -0.2) is 0 Å². The van der Waals surface area contributed by atoms with E-state index in [2.05, 4.69) is 0 Å². The van der Waals surface area contributed by atoms with E-state index >= 15 is 0 Å². The van der Waals surface area contributed by atoms with Crippen molar-refractivity contribution in [2.75, 3.05) is 0 Å². The van der Waals surface area contributed by atoms with Gasteiger partial charge in [-0.05, 0) is 0 Å². The SMILES string of the molecule is Cl.Cl.[AlH3].[NaH]. The predicted molar refractivity (Wildman–Crippen MR) is 31.6 cm³/mol. The van der Waals surface area contributed by atoms with E-state index in [1.54, 1.807) is 0 Å². The van der Waals surface area contributed by atoms with Gasteiger partial charge in [-0.1, -0.05) is 0 Å². The molecular formula is H6AlCl2Na. The van der Waals surface area contributed by atoms with Gasteiger partial charge in [0.25, 0.3) is 0 Å². The summed E-state index contributed by atoms with van der Waals surface area (Å²) in [6.45, 7) is 0. The zero-order chi connectivity index (χ0) is 0. The fourth-order valence-electron chi connectivity index (χ4n) is 0. The van der Waals surface area contributed by atoms with Crippen molar-refractivity contribution in [1.82, 2.24) is 0 Å². The Morgan fingerprint density at radius 3 is 0.750 bits per heavy atom. The van der Waals surface area contributed by atoms with Gasteiger partial charge >= 0.3 is 29.6 Å². The van der Waals surface area contributed by atoms with Gasteiger partial charge in [0.05, 0.1) is 0 Å². The Morgan fingerprint density at radius 1 is 0.750 bits per heavy atom. The van der Waals surface area contributed by atoms with Crippen LogP contribution in [0.3, 0.4) is 0 Å². The first-order valence-electron chi connectivity index (χ1n) is 0. The third-order valence-corrected chi connectivity index (χ3v) is 0. The molecule has 24 valence electrons. The van der Waals surface area contributed by atoms with Crippen LogP contribution in [0.4, 0.5) is 0 Å². The first-order chi connectivity index (χ1) is 0. The van der Waals surface area contributed by atoms with E-state index in [4.69, 9.17) is 0 Å². The summed E-state index contributed by atoms with van der Waals surface area (Å²) in [6.07, 6.45) is 0. The summed E-state index contributed by atoms with van der Waals surface area (Å²) < 4.78 is 0. The molecule has 4 heteroatoms. The van der Waals surface area contributed by atoms with Gasteiger partial charge in [-0.3, -0.25) is 0 Å². The molecule has 0 radical (unpaired) electrons. The molecule has 0 unspecified atom stereocenters. The summed E-state index contributed by atoms with van der Waals surface area (Å²) in [6, 6.07) is 0. The van der Waals surface area contributed by atoms with E-state index < -0.39 is 0 Å². The van der Waals surface area contributed by atoms with Gasteiger partial charge in [-0.2, -0.15) is 0 Å². The molecule has 0 fully saturated rings. The Morgan fingerprint density at radius 2 is 0.750 bits per heavy atom. The van der Waals surface area contributed by atoms with Gasteiger partial charge in [0, 0.05) is 0 Å². The van der Waals surface area contributed by atoms with Crippen LogP contribution in [0, 0.1) is 0 Å². The Labute approximate surface area is 71.0 Å². The minimum absolute atomic E-state index is 0. The van der Waals surface area contributed by atoms with Gasteiger partial charge in [-0.15, -0.1) is 24.8 Å². The molecular weight excluding hydrogens is 121 g/mol. The summed E-state index contributed by atoms with van der Waals surface area (Å²) in [5.41, 5.74) is 0. The van der Waals surface area contributed by atoms with Gasteiger partial charge in [0.15, 0.2) is 17.4 Å². The molecule has 0 nitrogen and oxygen atoms in total. The molecule has 0 heterocycles. The van der Waals surface area contributed by atoms with Crippen LogP contribution in [0.15, 0.2) is 0 Å². The Hall–Kier alpha value is 2.11. The van der Waals surface area contributed by atoms with Crippen LogP contribution in [0.2, 0.25) is 0 Å². The van der Waals surface area contributed by atoms with E-state index in [1.165, 1.54) is 0 Å². The molecule has 0 aromatic heterocycles. The third-order valence-electron chi connectivity index (χ3n) is 0. The molecule has 0 aromatic carbocycles. The number of halogens is 2. The molecule has 0 rings (SSSR count). The second-order valence-corrected chi connectivity index (χ2v) is 0. The fourth-order valence-corrected chi connectivity index (χ4v) is 0. The van der Waals surface area contributed by atoms with Crippen LogP contribution in [0.1, 0.15) is 0 Å². The van der Waals surface area contributed by atoms with Crippen LogP contribution >= 0.6 is 24.8 Å². The molecule has 0 aromatic rings. The van der Waals surface area contributed by atoms with E-state index in [0.29, 0.717) is 0 Å². The van der Waals surface area contributed by atoms with Crippen molar-refractivity contribution in [2.24, 2.45) is 0 Å². The molecule has 4 heavy (non-hydrogen) atoms. The molecule has 0 N–H and O–H groups in total. The molecule has 0 spiro atoms. The molecule has 0 amide bonds. The zero-order valence-electron chi connectivity index (χ0n) is 0.816. The summed E-state index contributed by atoms with van der Waals surface area (Å²) in [5.74, 6) is 0. The monoisotopic (exact) mass is 126 g/mol. The van der Waals surface area contributed by atoms with Crippen molar-refractivity contribution in [3.63, 3.8) is 0 Å². The Kier molecular flexibility index (Phi) is 173. The molecule has 0 saturated carbocycles. The predicted octanol–water partition coefficient (Wildman–Crippen LogP) is -0.989. The number of rotatable bonds is 0.